The maximum absolute atomic E-state index is 11.1. The largest absolute Gasteiger partial charge is 0.508 e. The van der Waals surface area contributed by atoms with Gasteiger partial charge in [-0.25, -0.2) is 0 Å². The van der Waals surface area contributed by atoms with Crippen molar-refractivity contribution in [1.29, 1.82) is 0 Å². The molecule has 0 saturated heterocycles. The fourth-order valence-corrected chi connectivity index (χ4v) is 4.39. The third-order valence-electron chi connectivity index (χ3n) is 6.30. The molecule has 0 aliphatic rings. The molecular formula is C30H31NO4. The molecule has 0 spiro atoms. The van der Waals surface area contributed by atoms with Gasteiger partial charge < -0.3 is 25.0 Å². The SMILES string of the molecule is Cc1ccc(C)c(N(c2cccc(Oc3c(C)cc(O)cc3C)c2)c2c(C)ccc(C)c2O)c1O. The van der Waals surface area contributed by atoms with E-state index in [0.29, 0.717) is 22.9 Å². The third-order valence-corrected chi connectivity index (χ3v) is 6.30. The zero-order valence-electron chi connectivity index (χ0n) is 21.0. The lowest BCUT2D eigenvalue weighted by Crippen LogP contribution is -2.14. The lowest BCUT2D eigenvalue weighted by molar-refractivity contribution is 0.458. The van der Waals surface area contributed by atoms with E-state index in [9.17, 15) is 15.3 Å². The number of hydrogen-bond acceptors (Lipinski definition) is 5. The first-order chi connectivity index (χ1) is 16.6. The van der Waals surface area contributed by atoms with Crippen LogP contribution in [-0.4, -0.2) is 15.3 Å². The molecule has 4 aromatic carbocycles. The Morgan fingerprint density at radius 1 is 0.571 bits per heavy atom. The molecule has 5 nitrogen and oxygen atoms in total. The van der Waals surface area contributed by atoms with Crippen molar-refractivity contribution in [3.8, 4) is 28.7 Å². The van der Waals surface area contributed by atoms with Crippen molar-refractivity contribution in [2.45, 2.75) is 41.5 Å². The Kier molecular flexibility index (Phi) is 6.35. The van der Waals surface area contributed by atoms with Gasteiger partial charge in [0, 0.05) is 6.07 Å². The summed E-state index contributed by atoms with van der Waals surface area (Å²) in [6.07, 6.45) is 0. The first-order valence-electron chi connectivity index (χ1n) is 11.5. The van der Waals surface area contributed by atoms with Gasteiger partial charge in [0.25, 0.3) is 0 Å². The van der Waals surface area contributed by atoms with Gasteiger partial charge in [0.05, 0.1) is 17.1 Å². The lowest BCUT2D eigenvalue weighted by atomic mass is 10.0. The number of rotatable bonds is 5. The molecule has 35 heavy (non-hydrogen) atoms. The number of anilines is 3. The van der Waals surface area contributed by atoms with Crippen LogP contribution in [0.25, 0.3) is 0 Å². The summed E-state index contributed by atoms with van der Waals surface area (Å²) >= 11 is 0. The molecule has 4 rings (SSSR count). The number of aryl methyl sites for hydroxylation is 6. The first-order valence-corrected chi connectivity index (χ1v) is 11.5. The summed E-state index contributed by atoms with van der Waals surface area (Å²) in [5.41, 5.74) is 6.78. The molecule has 0 aromatic heterocycles. The monoisotopic (exact) mass is 469 g/mol. The van der Waals surface area contributed by atoms with Crippen LogP contribution in [0.1, 0.15) is 33.4 Å². The summed E-state index contributed by atoms with van der Waals surface area (Å²) in [4.78, 5) is 1.89. The van der Waals surface area contributed by atoms with Crippen molar-refractivity contribution in [1.82, 2.24) is 0 Å². The molecule has 0 unspecified atom stereocenters. The van der Waals surface area contributed by atoms with E-state index in [2.05, 4.69) is 0 Å². The number of phenols is 3. The Labute approximate surface area is 206 Å². The lowest BCUT2D eigenvalue weighted by Gasteiger charge is -2.31. The highest BCUT2D eigenvalue weighted by molar-refractivity contribution is 5.87. The van der Waals surface area contributed by atoms with Crippen LogP contribution in [0.5, 0.6) is 28.7 Å². The zero-order chi connectivity index (χ0) is 25.4. The summed E-state index contributed by atoms with van der Waals surface area (Å²) in [5.74, 6) is 1.78. The highest BCUT2D eigenvalue weighted by atomic mass is 16.5. The molecule has 0 atom stereocenters. The maximum Gasteiger partial charge on any atom is 0.142 e. The van der Waals surface area contributed by atoms with Gasteiger partial charge in [-0.1, -0.05) is 30.3 Å². The van der Waals surface area contributed by atoms with Crippen molar-refractivity contribution in [2.75, 3.05) is 4.90 Å². The minimum absolute atomic E-state index is 0.154. The summed E-state index contributed by atoms with van der Waals surface area (Å²) in [5, 5.41) is 32.2. The summed E-state index contributed by atoms with van der Waals surface area (Å²) in [6, 6.07) is 18.6. The van der Waals surface area contributed by atoms with E-state index in [1.165, 1.54) is 0 Å². The molecule has 3 N–H and O–H groups in total. The van der Waals surface area contributed by atoms with Crippen LogP contribution in [0.4, 0.5) is 17.1 Å². The summed E-state index contributed by atoms with van der Waals surface area (Å²) in [6.45, 7) is 11.4. The van der Waals surface area contributed by atoms with E-state index >= 15 is 0 Å². The second-order valence-corrected chi connectivity index (χ2v) is 9.14. The third kappa shape index (κ3) is 4.50. The molecule has 0 aliphatic heterocycles. The van der Waals surface area contributed by atoms with Crippen LogP contribution >= 0.6 is 0 Å². The molecular weight excluding hydrogens is 438 g/mol. The average molecular weight is 470 g/mol. The Balaban J connectivity index is 1.93. The number of nitrogens with zero attached hydrogens (tertiary/aromatic N) is 1. The molecule has 0 radical (unpaired) electrons. The van der Waals surface area contributed by atoms with Gasteiger partial charge in [0.1, 0.15) is 28.7 Å². The second-order valence-electron chi connectivity index (χ2n) is 9.14. The van der Waals surface area contributed by atoms with Gasteiger partial charge in [-0.3, -0.25) is 0 Å². The molecule has 0 saturated carbocycles. The fourth-order valence-electron chi connectivity index (χ4n) is 4.39. The fraction of sp³-hybridized carbons (Fsp3) is 0.200. The van der Waals surface area contributed by atoms with Crippen LogP contribution in [0.3, 0.4) is 0 Å². The molecule has 0 bridgehead atoms. The molecule has 0 fully saturated rings. The Hall–Kier alpha value is -4.12. The van der Waals surface area contributed by atoms with Crippen LogP contribution < -0.4 is 9.64 Å². The van der Waals surface area contributed by atoms with Crippen LogP contribution in [0, 0.1) is 41.5 Å². The highest BCUT2D eigenvalue weighted by Crippen LogP contribution is 2.49. The van der Waals surface area contributed by atoms with E-state index in [1.807, 2.05) is 95.0 Å². The van der Waals surface area contributed by atoms with Crippen LogP contribution in [0.15, 0.2) is 60.7 Å². The Morgan fingerprint density at radius 2 is 1.06 bits per heavy atom. The van der Waals surface area contributed by atoms with Crippen molar-refractivity contribution in [2.24, 2.45) is 0 Å². The second kappa shape index (κ2) is 9.26. The predicted octanol–water partition coefficient (Wildman–Crippen LogP) is 7.92. The van der Waals surface area contributed by atoms with Crippen molar-refractivity contribution in [3.05, 3.63) is 94.0 Å². The smallest absolute Gasteiger partial charge is 0.142 e. The van der Waals surface area contributed by atoms with E-state index < -0.39 is 0 Å². The minimum atomic E-state index is 0.154. The summed E-state index contributed by atoms with van der Waals surface area (Å²) in [7, 11) is 0. The topological polar surface area (TPSA) is 73.2 Å². The van der Waals surface area contributed by atoms with Gasteiger partial charge in [0.2, 0.25) is 0 Å². The summed E-state index contributed by atoms with van der Waals surface area (Å²) < 4.78 is 6.26. The van der Waals surface area contributed by atoms with Gasteiger partial charge >= 0.3 is 0 Å². The number of ether oxygens (including phenoxy) is 1. The van der Waals surface area contributed by atoms with Gasteiger partial charge in [0.15, 0.2) is 0 Å². The van der Waals surface area contributed by atoms with Gasteiger partial charge in [-0.15, -0.1) is 0 Å². The Morgan fingerprint density at radius 3 is 1.57 bits per heavy atom. The Bertz CT molecular complexity index is 1340. The molecule has 4 aromatic rings. The number of aromatic hydroxyl groups is 3. The van der Waals surface area contributed by atoms with Crippen LogP contribution in [-0.2, 0) is 0 Å². The maximum atomic E-state index is 11.1. The zero-order valence-corrected chi connectivity index (χ0v) is 21.0. The average Bonchev–Trinajstić information content (AvgIpc) is 2.80. The number of phenolic OH excluding ortho intramolecular Hbond substituents is 3. The number of hydrogen-bond donors (Lipinski definition) is 3. The minimum Gasteiger partial charge on any atom is -0.508 e. The number of benzene rings is 4. The van der Waals surface area contributed by atoms with E-state index in [1.54, 1.807) is 12.1 Å². The molecule has 0 amide bonds. The highest BCUT2D eigenvalue weighted by Gasteiger charge is 2.25. The van der Waals surface area contributed by atoms with E-state index in [4.69, 9.17) is 4.74 Å². The quantitative estimate of drug-likeness (QED) is 0.277. The van der Waals surface area contributed by atoms with Gasteiger partial charge in [-0.2, -0.15) is 0 Å². The van der Waals surface area contributed by atoms with E-state index in [-0.39, 0.29) is 17.2 Å². The molecule has 180 valence electrons. The van der Waals surface area contributed by atoms with Gasteiger partial charge in [-0.05, 0) is 99.2 Å². The standard InChI is InChI=1S/C30H31NO4/c1-17-10-12-19(3)28(33)26(17)31(27-18(2)11-13-20(4)29(27)34)23-8-7-9-25(16-23)35-30-21(5)14-24(32)15-22(30)6/h7-16,32-34H,1-6H3. The van der Waals surface area contributed by atoms with Crippen LogP contribution in [0.2, 0.25) is 0 Å². The van der Waals surface area contributed by atoms with Crippen molar-refractivity contribution in [3.63, 3.8) is 0 Å². The first kappa shape index (κ1) is 24.0. The van der Waals surface area contributed by atoms with Crippen molar-refractivity contribution >= 4 is 17.1 Å². The van der Waals surface area contributed by atoms with Crippen molar-refractivity contribution < 1.29 is 20.1 Å². The molecule has 5 heteroatoms. The van der Waals surface area contributed by atoms with E-state index in [0.717, 1.165) is 39.1 Å². The normalized spacial score (nSPS) is 10.9. The molecule has 0 aliphatic carbocycles. The predicted molar refractivity (Wildman–Crippen MR) is 141 cm³/mol. The molecule has 0 heterocycles.